The second-order valence-corrected chi connectivity index (χ2v) is 6.66. The highest BCUT2D eigenvalue weighted by atomic mass is 127. The second kappa shape index (κ2) is 5.85. The minimum Gasteiger partial charge on any atom is -0.360 e. The minimum absolute atomic E-state index is 0.168. The van der Waals surface area contributed by atoms with E-state index < -0.39 is 0 Å². The Balaban J connectivity index is 2.07. The molecule has 0 spiro atoms. The number of aromatic nitrogens is 2. The fourth-order valence-corrected chi connectivity index (χ4v) is 3.13. The van der Waals surface area contributed by atoms with E-state index in [4.69, 9.17) is 5.73 Å². The van der Waals surface area contributed by atoms with Crippen LogP contribution in [0.1, 0.15) is 11.1 Å². The average molecular weight is 407 g/mol. The van der Waals surface area contributed by atoms with Crippen LogP contribution in [0.5, 0.6) is 0 Å². The Bertz CT molecular complexity index is 823. The first kappa shape index (κ1) is 15.2. The number of rotatable bonds is 2. The van der Waals surface area contributed by atoms with Crippen LogP contribution in [0.4, 0.5) is 11.5 Å². The lowest BCUT2D eigenvalue weighted by atomic mass is 10.1. The zero-order valence-electron chi connectivity index (χ0n) is 12.8. The highest BCUT2D eigenvalue weighted by Crippen LogP contribution is 2.22. The van der Waals surface area contributed by atoms with Gasteiger partial charge in [0.15, 0.2) is 0 Å². The maximum atomic E-state index is 6.08. The molecule has 2 aromatic rings. The lowest BCUT2D eigenvalue weighted by molar-refractivity contribution is 0.440. The number of anilines is 2. The highest BCUT2D eigenvalue weighted by Gasteiger charge is 2.11. The largest absolute Gasteiger partial charge is 0.360 e. The van der Waals surface area contributed by atoms with E-state index in [-0.39, 0.29) is 6.17 Å². The van der Waals surface area contributed by atoms with Crippen molar-refractivity contribution in [1.82, 2.24) is 14.9 Å². The maximum Gasteiger partial charge on any atom is 0.141 e. The number of nitrogens with one attached hydrogen (secondary N) is 1. The molecule has 0 radical (unpaired) electrons. The van der Waals surface area contributed by atoms with Crippen LogP contribution in [0, 0.1) is 17.4 Å². The van der Waals surface area contributed by atoms with E-state index in [9.17, 15) is 0 Å². The Morgan fingerprint density at radius 3 is 2.77 bits per heavy atom. The van der Waals surface area contributed by atoms with Crippen LogP contribution in [0.15, 0.2) is 18.5 Å². The van der Waals surface area contributed by atoms with E-state index in [1.807, 2.05) is 24.2 Å². The number of nitrogens with zero attached hydrogens (tertiary/aromatic N) is 3. The Morgan fingerprint density at radius 1 is 1.27 bits per heavy atom. The lowest BCUT2D eigenvalue weighted by Gasteiger charge is -2.23. The molecule has 6 heteroatoms. The monoisotopic (exact) mass is 407 g/mol. The summed E-state index contributed by atoms with van der Waals surface area (Å²) in [7, 11) is 1.94. The van der Waals surface area contributed by atoms with Gasteiger partial charge in [0.05, 0.1) is 11.5 Å². The van der Waals surface area contributed by atoms with E-state index in [0.717, 1.165) is 22.1 Å². The van der Waals surface area contributed by atoms with Gasteiger partial charge >= 0.3 is 0 Å². The molecule has 2 heterocycles. The first-order valence-electron chi connectivity index (χ1n) is 7.01. The van der Waals surface area contributed by atoms with Crippen LogP contribution in [-0.4, -0.2) is 28.1 Å². The molecule has 0 saturated carbocycles. The van der Waals surface area contributed by atoms with Crippen molar-refractivity contribution in [2.24, 2.45) is 5.73 Å². The molecule has 0 fully saturated rings. The summed E-state index contributed by atoms with van der Waals surface area (Å²) >= 11 is 2.35. The van der Waals surface area contributed by atoms with Gasteiger partial charge in [-0.25, -0.2) is 9.97 Å². The number of benzene rings is 1. The Morgan fingerprint density at radius 2 is 2.05 bits per heavy atom. The molecule has 22 heavy (non-hydrogen) atoms. The van der Waals surface area contributed by atoms with Crippen molar-refractivity contribution in [2.45, 2.75) is 20.0 Å². The van der Waals surface area contributed by atoms with Crippen LogP contribution in [0.25, 0.3) is 12.3 Å². The van der Waals surface area contributed by atoms with Crippen LogP contribution < -0.4 is 21.6 Å². The first-order chi connectivity index (χ1) is 10.5. The molecule has 3 rings (SSSR count). The van der Waals surface area contributed by atoms with E-state index in [1.54, 1.807) is 6.33 Å². The van der Waals surface area contributed by atoms with E-state index in [0.29, 0.717) is 0 Å². The molecule has 1 unspecified atom stereocenters. The molecule has 1 aromatic carbocycles. The molecule has 0 bridgehead atoms. The Hall–Kier alpha value is -1.67. The van der Waals surface area contributed by atoms with E-state index in [1.165, 1.54) is 14.7 Å². The lowest BCUT2D eigenvalue weighted by Crippen LogP contribution is -2.46. The van der Waals surface area contributed by atoms with Gasteiger partial charge in [-0.2, -0.15) is 0 Å². The predicted octanol–water partition coefficient (Wildman–Crippen LogP) is 1.19. The summed E-state index contributed by atoms with van der Waals surface area (Å²) in [6.07, 6.45) is 5.32. The SMILES string of the molecule is Cc1cc(Nc2ncnc3c2=CC(N)N(C)C=3)cc(I)c1C. The fourth-order valence-electron chi connectivity index (χ4n) is 2.37. The summed E-state index contributed by atoms with van der Waals surface area (Å²) in [5.74, 6) is 0.781. The summed E-state index contributed by atoms with van der Waals surface area (Å²) < 4.78 is 1.23. The van der Waals surface area contributed by atoms with Crippen LogP contribution >= 0.6 is 22.6 Å². The van der Waals surface area contributed by atoms with Gasteiger partial charge in [-0.05, 0) is 65.8 Å². The van der Waals surface area contributed by atoms with Gasteiger partial charge in [0.2, 0.25) is 0 Å². The molecular formula is C16H18IN5. The topological polar surface area (TPSA) is 67.1 Å². The molecule has 0 saturated heterocycles. The van der Waals surface area contributed by atoms with Crippen LogP contribution in [0.3, 0.4) is 0 Å². The van der Waals surface area contributed by atoms with Gasteiger partial charge < -0.3 is 16.0 Å². The van der Waals surface area contributed by atoms with Crippen LogP contribution in [0.2, 0.25) is 0 Å². The zero-order valence-corrected chi connectivity index (χ0v) is 14.9. The Labute approximate surface area is 143 Å². The molecule has 1 atom stereocenters. The number of fused-ring (bicyclic) bond motifs is 1. The third-order valence-corrected chi connectivity index (χ3v) is 5.04. The molecule has 1 aliphatic rings. The molecule has 114 valence electrons. The summed E-state index contributed by atoms with van der Waals surface area (Å²) in [4.78, 5) is 10.6. The van der Waals surface area contributed by atoms with Gasteiger partial charge in [0.1, 0.15) is 12.1 Å². The molecule has 0 amide bonds. The minimum atomic E-state index is -0.168. The molecule has 0 aliphatic carbocycles. The molecule has 5 nitrogen and oxygen atoms in total. The normalized spacial score (nSPS) is 16.6. The number of hydrogen-bond acceptors (Lipinski definition) is 5. The number of halogens is 1. The van der Waals surface area contributed by atoms with Gasteiger partial charge in [-0.1, -0.05) is 0 Å². The average Bonchev–Trinajstić information content (AvgIpc) is 2.47. The van der Waals surface area contributed by atoms with E-state index in [2.05, 4.69) is 63.9 Å². The van der Waals surface area contributed by atoms with Crippen molar-refractivity contribution in [3.63, 3.8) is 0 Å². The van der Waals surface area contributed by atoms with Gasteiger partial charge in [-0.3, -0.25) is 0 Å². The second-order valence-electron chi connectivity index (χ2n) is 5.50. The summed E-state index contributed by atoms with van der Waals surface area (Å²) in [6.45, 7) is 4.24. The first-order valence-corrected chi connectivity index (χ1v) is 8.09. The highest BCUT2D eigenvalue weighted by molar-refractivity contribution is 14.1. The number of aryl methyl sites for hydroxylation is 1. The summed E-state index contributed by atoms with van der Waals surface area (Å²) in [5.41, 5.74) is 9.66. The van der Waals surface area contributed by atoms with Crippen molar-refractivity contribution >= 4 is 46.4 Å². The molecule has 3 N–H and O–H groups in total. The molecular weight excluding hydrogens is 389 g/mol. The van der Waals surface area contributed by atoms with E-state index >= 15 is 0 Å². The van der Waals surface area contributed by atoms with Gasteiger partial charge in [0, 0.05) is 27.7 Å². The third-order valence-electron chi connectivity index (χ3n) is 3.92. The van der Waals surface area contributed by atoms with Crippen LogP contribution in [-0.2, 0) is 0 Å². The van der Waals surface area contributed by atoms with Crippen molar-refractivity contribution in [3.05, 3.63) is 43.7 Å². The van der Waals surface area contributed by atoms with Gasteiger partial charge in [0.25, 0.3) is 0 Å². The zero-order chi connectivity index (χ0) is 15.9. The summed E-state index contributed by atoms with van der Waals surface area (Å²) in [5, 5.41) is 5.22. The molecule has 1 aromatic heterocycles. The summed E-state index contributed by atoms with van der Waals surface area (Å²) in [6, 6.07) is 4.25. The standard InChI is InChI=1S/C16H18IN5/c1-9-4-11(5-13(17)10(9)2)21-16-12-6-15(18)22(3)7-14(12)19-8-20-16/h4-8,15H,18H2,1-3H3,(H,19,20,21). The Kier molecular flexibility index (Phi) is 4.05. The maximum absolute atomic E-state index is 6.08. The molecule has 1 aliphatic heterocycles. The predicted molar refractivity (Wildman–Crippen MR) is 97.9 cm³/mol. The van der Waals surface area contributed by atoms with Crippen molar-refractivity contribution < 1.29 is 0 Å². The van der Waals surface area contributed by atoms with Crippen molar-refractivity contribution in [1.29, 1.82) is 0 Å². The third kappa shape index (κ3) is 2.80. The van der Waals surface area contributed by atoms with Crippen molar-refractivity contribution in [2.75, 3.05) is 12.4 Å². The number of nitrogens with two attached hydrogens (primary N) is 1. The quantitative estimate of drug-likeness (QED) is 0.733. The van der Waals surface area contributed by atoms with Crippen molar-refractivity contribution in [3.8, 4) is 0 Å². The smallest absolute Gasteiger partial charge is 0.141 e. The fraction of sp³-hybridized carbons (Fsp3) is 0.250. The van der Waals surface area contributed by atoms with Gasteiger partial charge in [-0.15, -0.1) is 0 Å². The number of hydrogen-bond donors (Lipinski definition) is 2.